The summed E-state index contributed by atoms with van der Waals surface area (Å²) in [5.74, 6) is -2.25. The van der Waals surface area contributed by atoms with Crippen LogP contribution in [0.4, 0.5) is 5.69 Å². The highest BCUT2D eigenvalue weighted by atomic mass is 35.5. The number of carbonyl (C=O) groups is 3. The molecule has 9 nitrogen and oxygen atoms in total. The van der Waals surface area contributed by atoms with Crippen molar-refractivity contribution in [2.75, 3.05) is 26.1 Å². The van der Waals surface area contributed by atoms with Gasteiger partial charge in [0.1, 0.15) is 0 Å². The van der Waals surface area contributed by atoms with Gasteiger partial charge in [0.2, 0.25) is 15.9 Å². The van der Waals surface area contributed by atoms with Crippen LogP contribution in [0.2, 0.25) is 15.1 Å². The van der Waals surface area contributed by atoms with E-state index in [0.717, 1.165) is 18.5 Å². The maximum Gasteiger partial charge on any atom is 0.337 e. The second-order valence-corrected chi connectivity index (χ2v) is 11.0. The lowest BCUT2D eigenvalue weighted by Gasteiger charge is -2.22. The number of anilines is 1. The Balaban J connectivity index is 1.95. The van der Waals surface area contributed by atoms with Crippen LogP contribution in [0, 0.1) is 0 Å². The van der Waals surface area contributed by atoms with Crippen LogP contribution in [0.3, 0.4) is 0 Å². The van der Waals surface area contributed by atoms with Gasteiger partial charge in [0.25, 0.3) is 0 Å². The van der Waals surface area contributed by atoms with E-state index in [1.165, 1.54) is 54.6 Å². The zero-order valence-electron chi connectivity index (χ0n) is 20.0. The van der Waals surface area contributed by atoms with Crippen molar-refractivity contribution < 1.29 is 32.3 Å². The van der Waals surface area contributed by atoms with Gasteiger partial charge in [-0.2, -0.15) is 4.31 Å². The first-order valence-corrected chi connectivity index (χ1v) is 13.3. The molecule has 0 saturated heterocycles. The van der Waals surface area contributed by atoms with Crippen LogP contribution in [-0.2, 0) is 30.8 Å². The Morgan fingerprint density at radius 1 is 0.816 bits per heavy atom. The Bertz CT molecular complexity index is 1440. The molecule has 1 amide bonds. The van der Waals surface area contributed by atoms with Gasteiger partial charge in [-0.05, 0) is 60.2 Å². The highest BCUT2D eigenvalue weighted by molar-refractivity contribution is 7.89. The summed E-state index contributed by atoms with van der Waals surface area (Å²) in [4.78, 5) is 37.1. The molecule has 0 heterocycles. The number of ether oxygens (including phenoxy) is 2. The monoisotopic (exact) mass is 598 g/mol. The molecule has 0 fully saturated rings. The standard InChI is InChI=1S/C25H21Cl3N2O7S/c1-36-24(32)16-10-17(25(33)37-2)12-19(11-16)29-23(31)14-30(13-15-3-8-21(27)22(28)9-15)38(34,35)20-6-4-18(26)5-7-20/h3-12H,13-14H2,1-2H3,(H,29,31). The van der Waals surface area contributed by atoms with Crippen molar-refractivity contribution >= 4 is 68.4 Å². The smallest absolute Gasteiger partial charge is 0.337 e. The fourth-order valence-electron chi connectivity index (χ4n) is 3.35. The SMILES string of the molecule is COC(=O)c1cc(NC(=O)CN(Cc2ccc(Cl)c(Cl)c2)S(=O)(=O)c2ccc(Cl)cc2)cc(C(=O)OC)c1. The number of nitrogens with one attached hydrogen (secondary N) is 1. The molecular formula is C25H21Cl3N2O7S. The fourth-order valence-corrected chi connectivity index (χ4v) is 5.19. The molecule has 0 aliphatic heterocycles. The van der Waals surface area contributed by atoms with Gasteiger partial charge in [-0.15, -0.1) is 0 Å². The van der Waals surface area contributed by atoms with Crippen molar-refractivity contribution in [1.82, 2.24) is 4.31 Å². The van der Waals surface area contributed by atoms with E-state index in [9.17, 15) is 22.8 Å². The summed E-state index contributed by atoms with van der Waals surface area (Å²) < 4.78 is 37.3. The summed E-state index contributed by atoms with van der Waals surface area (Å²) in [7, 11) is -1.87. The van der Waals surface area contributed by atoms with Crippen molar-refractivity contribution in [3.8, 4) is 0 Å². The maximum atomic E-state index is 13.5. The molecule has 0 unspecified atom stereocenters. The van der Waals surface area contributed by atoms with Gasteiger partial charge in [0.15, 0.2) is 0 Å². The van der Waals surface area contributed by atoms with Gasteiger partial charge in [-0.25, -0.2) is 18.0 Å². The number of methoxy groups -OCH3 is 2. The minimum absolute atomic E-state index is 0.0212. The van der Waals surface area contributed by atoms with Gasteiger partial charge < -0.3 is 14.8 Å². The van der Waals surface area contributed by atoms with Crippen LogP contribution in [-0.4, -0.2) is 51.3 Å². The van der Waals surface area contributed by atoms with E-state index in [1.54, 1.807) is 6.07 Å². The van der Waals surface area contributed by atoms with Crippen molar-refractivity contribution in [2.24, 2.45) is 0 Å². The summed E-state index contributed by atoms with van der Waals surface area (Å²) >= 11 is 18.0. The van der Waals surface area contributed by atoms with Gasteiger partial charge >= 0.3 is 11.9 Å². The van der Waals surface area contributed by atoms with Crippen LogP contribution >= 0.6 is 34.8 Å². The van der Waals surface area contributed by atoms with Crippen LogP contribution < -0.4 is 5.32 Å². The first kappa shape index (κ1) is 29.4. The molecule has 13 heteroatoms. The second-order valence-electron chi connectivity index (χ2n) is 7.81. The normalized spacial score (nSPS) is 11.2. The molecule has 38 heavy (non-hydrogen) atoms. The molecule has 1 N–H and O–H groups in total. The van der Waals surface area contributed by atoms with Crippen LogP contribution in [0.25, 0.3) is 0 Å². The molecule has 0 aliphatic carbocycles. The van der Waals surface area contributed by atoms with Gasteiger partial charge in [-0.3, -0.25) is 4.79 Å². The Morgan fingerprint density at radius 2 is 1.39 bits per heavy atom. The van der Waals surface area contributed by atoms with Gasteiger partial charge in [0, 0.05) is 17.3 Å². The summed E-state index contributed by atoms with van der Waals surface area (Å²) in [6.45, 7) is -0.841. The first-order valence-electron chi connectivity index (χ1n) is 10.8. The Hall–Kier alpha value is -3.15. The zero-order valence-corrected chi connectivity index (χ0v) is 23.1. The molecule has 0 atom stereocenters. The lowest BCUT2D eigenvalue weighted by molar-refractivity contribution is -0.116. The summed E-state index contributed by atoms with van der Waals surface area (Å²) in [6, 6.07) is 13.9. The number of carbonyl (C=O) groups excluding carboxylic acids is 3. The van der Waals surface area contributed by atoms with E-state index in [2.05, 4.69) is 5.32 Å². The molecule has 0 bridgehead atoms. The largest absolute Gasteiger partial charge is 0.465 e. The quantitative estimate of drug-likeness (QED) is 0.342. The number of rotatable bonds is 9. The van der Waals surface area contributed by atoms with Crippen LogP contribution in [0.5, 0.6) is 0 Å². The van der Waals surface area contributed by atoms with E-state index < -0.39 is 34.4 Å². The summed E-state index contributed by atoms with van der Waals surface area (Å²) in [5.41, 5.74) is 0.487. The van der Waals surface area contributed by atoms with Crippen molar-refractivity contribution in [3.63, 3.8) is 0 Å². The second kappa shape index (κ2) is 12.6. The number of esters is 2. The lowest BCUT2D eigenvalue weighted by Crippen LogP contribution is -2.37. The molecule has 0 radical (unpaired) electrons. The fraction of sp³-hybridized carbons (Fsp3) is 0.160. The Morgan fingerprint density at radius 3 is 1.92 bits per heavy atom. The number of sulfonamides is 1. The van der Waals surface area contributed by atoms with Crippen molar-refractivity contribution in [3.05, 3.63) is 92.4 Å². The molecule has 3 aromatic carbocycles. The predicted molar refractivity (Wildman–Crippen MR) is 143 cm³/mol. The first-order chi connectivity index (χ1) is 17.9. The number of nitrogens with zero attached hydrogens (tertiary/aromatic N) is 1. The number of amides is 1. The molecule has 3 aromatic rings. The highest BCUT2D eigenvalue weighted by Gasteiger charge is 2.27. The lowest BCUT2D eigenvalue weighted by atomic mass is 10.1. The zero-order chi connectivity index (χ0) is 28.0. The van der Waals surface area contributed by atoms with Crippen LogP contribution in [0.15, 0.2) is 65.6 Å². The predicted octanol–water partition coefficient (Wildman–Crippen LogP) is 5.05. The van der Waals surface area contributed by atoms with E-state index in [4.69, 9.17) is 44.3 Å². The summed E-state index contributed by atoms with van der Waals surface area (Å²) in [5, 5.41) is 3.36. The Labute approximate surface area is 234 Å². The number of hydrogen-bond donors (Lipinski definition) is 1. The Kier molecular flexibility index (Phi) is 9.75. The molecule has 0 spiro atoms. The number of halogens is 3. The maximum absolute atomic E-state index is 13.5. The van der Waals surface area contributed by atoms with E-state index in [1.807, 2.05) is 0 Å². The summed E-state index contributed by atoms with van der Waals surface area (Å²) in [6.07, 6.45) is 0. The topological polar surface area (TPSA) is 119 Å². The number of hydrogen-bond acceptors (Lipinski definition) is 7. The van der Waals surface area contributed by atoms with Crippen molar-refractivity contribution in [2.45, 2.75) is 11.4 Å². The third kappa shape index (κ3) is 7.24. The molecule has 0 aliphatic rings. The van der Waals surface area contributed by atoms with Gasteiger partial charge in [0.05, 0.1) is 46.8 Å². The molecule has 0 saturated carbocycles. The molecular weight excluding hydrogens is 579 g/mol. The number of benzene rings is 3. The third-order valence-corrected chi connectivity index (χ3v) is 7.97. The van der Waals surface area contributed by atoms with Gasteiger partial charge in [-0.1, -0.05) is 40.9 Å². The van der Waals surface area contributed by atoms with E-state index in [0.29, 0.717) is 10.6 Å². The molecule has 3 rings (SSSR count). The average Bonchev–Trinajstić information content (AvgIpc) is 2.89. The molecule has 200 valence electrons. The van der Waals surface area contributed by atoms with Crippen molar-refractivity contribution in [1.29, 1.82) is 0 Å². The molecule has 0 aromatic heterocycles. The average molecular weight is 600 g/mol. The van der Waals surface area contributed by atoms with E-state index >= 15 is 0 Å². The highest BCUT2D eigenvalue weighted by Crippen LogP contribution is 2.26. The van der Waals surface area contributed by atoms with Crippen LogP contribution in [0.1, 0.15) is 26.3 Å². The minimum Gasteiger partial charge on any atom is -0.465 e. The minimum atomic E-state index is -4.19. The third-order valence-electron chi connectivity index (χ3n) is 5.17. The van der Waals surface area contributed by atoms with E-state index in [-0.39, 0.29) is 38.3 Å².